The first kappa shape index (κ1) is 13.1. The lowest BCUT2D eigenvalue weighted by atomic mass is 9.78. The minimum atomic E-state index is -0.263. The van der Waals surface area contributed by atoms with Gasteiger partial charge in [0.2, 0.25) is 0 Å². The summed E-state index contributed by atoms with van der Waals surface area (Å²) >= 11 is 11.8. The highest BCUT2D eigenvalue weighted by molar-refractivity contribution is 6.30. The van der Waals surface area contributed by atoms with Crippen LogP contribution in [0.5, 0.6) is 0 Å². The van der Waals surface area contributed by atoms with Gasteiger partial charge in [-0.05, 0) is 37.5 Å². The molecule has 1 aliphatic heterocycles. The molecule has 0 amide bonds. The van der Waals surface area contributed by atoms with Crippen LogP contribution in [0.4, 0.5) is 4.39 Å². The van der Waals surface area contributed by atoms with E-state index in [0.29, 0.717) is 29.5 Å². The molecule has 1 aromatic carbocycles. The summed E-state index contributed by atoms with van der Waals surface area (Å²) in [6, 6.07) is 4.79. The summed E-state index contributed by atoms with van der Waals surface area (Å²) < 4.78 is 19.3. The predicted molar refractivity (Wildman–Crippen MR) is 68.3 cm³/mol. The number of hydrogen-bond acceptors (Lipinski definition) is 1. The van der Waals surface area contributed by atoms with Crippen molar-refractivity contribution in [2.24, 2.45) is 5.41 Å². The molecule has 0 radical (unpaired) electrons. The number of alkyl halides is 1. The molecule has 2 atom stereocenters. The van der Waals surface area contributed by atoms with Crippen molar-refractivity contribution in [2.45, 2.75) is 25.9 Å². The Kier molecular flexibility index (Phi) is 3.96. The smallest absolute Gasteiger partial charge is 0.127 e. The Labute approximate surface area is 111 Å². The fraction of sp³-hybridized carbons (Fsp3) is 0.538. The van der Waals surface area contributed by atoms with Gasteiger partial charge in [-0.2, -0.15) is 0 Å². The summed E-state index contributed by atoms with van der Waals surface area (Å²) in [5.74, 6) is 0.219. The lowest BCUT2D eigenvalue weighted by Crippen LogP contribution is -2.33. The molecule has 2 rings (SSSR count). The van der Waals surface area contributed by atoms with Crippen molar-refractivity contribution in [2.75, 3.05) is 12.5 Å². The Balaban J connectivity index is 2.24. The van der Waals surface area contributed by atoms with Crippen LogP contribution in [0.15, 0.2) is 18.2 Å². The van der Waals surface area contributed by atoms with Crippen LogP contribution in [-0.2, 0) is 11.2 Å². The maximum atomic E-state index is 13.8. The molecule has 0 aliphatic carbocycles. The Bertz CT molecular complexity index is 410. The average Bonchev–Trinajstić information content (AvgIpc) is 2.65. The monoisotopic (exact) mass is 276 g/mol. The Hall–Kier alpha value is -0.310. The molecule has 2 unspecified atom stereocenters. The van der Waals surface area contributed by atoms with Crippen molar-refractivity contribution in [3.8, 4) is 0 Å². The minimum Gasteiger partial charge on any atom is -0.378 e. The third kappa shape index (κ3) is 2.59. The van der Waals surface area contributed by atoms with Gasteiger partial charge in [0.1, 0.15) is 5.82 Å². The standard InChI is InChI=1S/C13H15Cl2FO/c1-9-13(8-14,4-5-17-9)7-10-2-3-11(15)6-12(10)16/h2-3,6,9H,4-5,7-8H2,1H3. The van der Waals surface area contributed by atoms with Crippen LogP contribution < -0.4 is 0 Å². The van der Waals surface area contributed by atoms with Gasteiger partial charge in [0.25, 0.3) is 0 Å². The lowest BCUT2D eigenvalue weighted by molar-refractivity contribution is 0.0732. The van der Waals surface area contributed by atoms with Crippen molar-refractivity contribution >= 4 is 23.2 Å². The summed E-state index contributed by atoms with van der Waals surface area (Å²) in [6.45, 7) is 2.70. The molecule has 1 heterocycles. The zero-order valence-electron chi connectivity index (χ0n) is 9.68. The number of halogens is 3. The summed E-state index contributed by atoms with van der Waals surface area (Å²) in [5, 5.41) is 0.418. The van der Waals surface area contributed by atoms with Crippen LogP contribution in [0.3, 0.4) is 0 Å². The highest BCUT2D eigenvalue weighted by Gasteiger charge is 2.41. The quantitative estimate of drug-likeness (QED) is 0.757. The van der Waals surface area contributed by atoms with E-state index in [0.717, 1.165) is 6.42 Å². The van der Waals surface area contributed by atoms with E-state index in [9.17, 15) is 4.39 Å². The average molecular weight is 277 g/mol. The molecule has 0 bridgehead atoms. The van der Waals surface area contributed by atoms with E-state index in [-0.39, 0.29) is 17.3 Å². The second kappa shape index (κ2) is 5.13. The van der Waals surface area contributed by atoms with Crippen LogP contribution in [0.2, 0.25) is 5.02 Å². The molecule has 1 aliphatic rings. The largest absolute Gasteiger partial charge is 0.378 e. The van der Waals surface area contributed by atoms with Crippen LogP contribution >= 0.6 is 23.2 Å². The topological polar surface area (TPSA) is 9.23 Å². The molecular formula is C13H15Cl2FO. The molecular weight excluding hydrogens is 262 g/mol. The van der Waals surface area contributed by atoms with Gasteiger partial charge in [-0.3, -0.25) is 0 Å². The maximum absolute atomic E-state index is 13.8. The number of rotatable bonds is 3. The van der Waals surface area contributed by atoms with E-state index in [1.54, 1.807) is 12.1 Å². The van der Waals surface area contributed by atoms with Gasteiger partial charge in [0.15, 0.2) is 0 Å². The predicted octanol–water partition coefficient (Wildman–Crippen LogP) is 4.06. The number of hydrogen-bond donors (Lipinski definition) is 0. The summed E-state index contributed by atoms with van der Waals surface area (Å²) in [5.41, 5.74) is 0.503. The first-order valence-corrected chi connectivity index (χ1v) is 6.60. The van der Waals surface area contributed by atoms with E-state index in [4.69, 9.17) is 27.9 Å². The third-order valence-electron chi connectivity index (χ3n) is 3.65. The van der Waals surface area contributed by atoms with Crippen LogP contribution in [0.1, 0.15) is 18.9 Å². The molecule has 0 aromatic heterocycles. The molecule has 1 saturated heterocycles. The van der Waals surface area contributed by atoms with Gasteiger partial charge in [-0.25, -0.2) is 4.39 Å². The second-order valence-corrected chi connectivity index (χ2v) is 5.38. The molecule has 4 heteroatoms. The second-order valence-electron chi connectivity index (χ2n) is 4.67. The van der Waals surface area contributed by atoms with Gasteiger partial charge >= 0.3 is 0 Å². The van der Waals surface area contributed by atoms with Crippen molar-refractivity contribution in [1.82, 2.24) is 0 Å². The van der Waals surface area contributed by atoms with Crippen molar-refractivity contribution < 1.29 is 9.13 Å². The Morgan fingerprint density at radius 2 is 2.29 bits per heavy atom. The van der Waals surface area contributed by atoms with Crippen LogP contribution in [0.25, 0.3) is 0 Å². The van der Waals surface area contributed by atoms with Crippen molar-refractivity contribution in [3.05, 3.63) is 34.6 Å². The highest BCUT2D eigenvalue weighted by Crippen LogP contribution is 2.39. The van der Waals surface area contributed by atoms with E-state index in [1.807, 2.05) is 6.92 Å². The lowest BCUT2D eigenvalue weighted by Gasteiger charge is -2.30. The summed E-state index contributed by atoms with van der Waals surface area (Å²) in [4.78, 5) is 0. The minimum absolute atomic E-state index is 0.0649. The van der Waals surface area contributed by atoms with Gasteiger partial charge < -0.3 is 4.74 Å². The fourth-order valence-electron chi connectivity index (χ4n) is 2.32. The van der Waals surface area contributed by atoms with Gasteiger partial charge in [0, 0.05) is 22.9 Å². The van der Waals surface area contributed by atoms with Crippen molar-refractivity contribution in [1.29, 1.82) is 0 Å². The SMILES string of the molecule is CC1OCCC1(CCl)Cc1ccc(Cl)cc1F. The zero-order chi connectivity index (χ0) is 12.5. The van der Waals surface area contributed by atoms with Gasteiger partial charge in [0.05, 0.1) is 6.10 Å². The Morgan fingerprint density at radius 1 is 1.53 bits per heavy atom. The zero-order valence-corrected chi connectivity index (χ0v) is 11.2. The van der Waals surface area contributed by atoms with E-state index in [2.05, 4.69) is 0 Å². The maximum Gasteiger partial charge on any atom is 0.127 e. The van der Waals surface area contributed by atoms with Gasteiger partial charge in [-0.1, -0.05) is 17.7 Å². The third-order valence-corrected chi connectivity index (χ3v) is 4.42. The van der Waals surface area contributed by atoms with Crippen LogP contribution in [0, 0.1) is 11.2 Å². The first-order chi connectivity index (χ1) is 8.07. The number of ether oxygens (including phenoxy) is 1. The highest BCUT2D eigenvalue weighted by atomic mass is 35.5. The molecule has 0 saturated carbocycles. The molecule has 1 nitrogen and oxygen atoms in total. The summed E-state index contributed by atoms with van der Waals surface area (Å²) in [7, 11) is 0. The van der Waals surface area contributed by atoms with Crippen molar-refractivity contribution in [3.63, 3.8) is 0 Å². The fourth-order valence-corrected chi connectivity index (χ4v) is 2.92. The molecule has 1 aromatic rings. The normalized spacial score (nSPS) is 28.6. The van der Waals surface area contributed by atoms with E-state index < -0.39 is 0 Å². The summed E-state index contributed by atoms with van der Waals surface area (Å²) in [6.07, 6.45) is 1.54. The van der Waals surface area contributed by atoms with Crippen LogP contribution in [-0.4, -0.2) is 18.6 Å². The molecule has 17 heavy (non-hydrogen) atoms. The molecule has 1 fully saturated rings. The molecule has 0 N–H and O–H groups in total. The number of benzene rings is 1. The van der Waals surface area contributed by atoms with E-state index >= 15 is 0 Å². The molecule has 94 valence electrons. The molecule has 0 spiro atoms. The Morgan fingerprint density at radius 3 is 2.82 bits per heavy atom. The van der Waals surface area contributed by atoms with Gasteiger partial charge in [-0.15, -0.1) is 11.6 Å². The first-order valence-electron chi connectivity index (χ1n) is 5.69. The van der Waals surface area contributed by atoms with E-state index in [1.165, 1.54) is 6.07 Å².